The van der Waals surface area contributed by atoms with Crippen molar-refractivity contribution in [2.45, 2.75) is 31.2 Å². The molecule has 0 bridgehead atoms. The molecule has 0 aliphatic carbocycles. The number of benzene rings is 1. The number of thioether (sulfide) groups is 1. The standard InChI is InChI=1S/C15H19N5O2S/c1-9(2)12(13(21)18-14(16)22)23-15-19-17-8-20(15)11-7-5-4-6-10(11)3/h4-9,12H,1-3H3,(H3,16,18,21,22)/t12-/m0/s1. The highest BCUT2D eigenvalue weighted by atomic mass is 32.2. The van der Waals surface area contributed by atoms with Crippen molar-refractivity contribution >= 4 is 23.7 Å². The number of nitrogens with zero attached hydrogens (tertiary/aromatic N) is 3. The van der Waals surface area contributed by atoms with Gasteiger partial charge in [0, 0.05) is 0 Å². The third kappa shape index (κ3) is 4.10. The Hall–Kier alpha value is -2.35. The van der Waals surface area contributed by atoms with E-state index in [-0.39, 0.29) is 5.92 Å². The highest BCUT2D eigenvalue weighted by molar-refractivity contribution is 8.00. The van der Waals surface area contributed by atoms with Gasteiger partial charge in [0.2, 0.25) is 5.91 Å². The summed E-state index contributed by atoms with van der Waals surface area (Å²) in [4.78, 5) is 23.1. The molecule has 0 saturated carbocycles. The minimum absolute atomic E-state index is 0.0126. The number of primary amides is 1. The van der Waals surface area contributed by atoms with E-state index in [2.05, 4.69) is 15.5 Å². The molecule has 122 valence electrons. The lowest BCUT2D eigenvalue weighted by atomic mass is 10.1. The quantitative estimate of drug-likeness (QED) is 0.813. The average molecular weight is 333 g/mol. The van der Waals surface area contributed by atoms with E-state index < -0.39 is 17.2 Å². The van der Waals surface area contributed by atoms with Crippen molar-refractivity contribution in [2.24, 2.45) is 11.7 Å². The minimum atomic E-state index is -0.860. The molecule has 0 spiro atoms. The van der Waals surface area contributed by atoms with Crippen molar-refractivity contribution in [1.82, 2.24) is 20.1 Å². The molecule has 0 radical (unpaired) electrons. The minimum Gasteiger partial charge on any atom is -0.351 e. The van der Waals surface area contributed by atoms with Gasteiger partial charge in [0.25, 0.3) is 0 Å². The molecule has 2 rings (SSSR count). The molecular formula is C15H19N5O2S. The van der Waals surface area contributed by atoms with E-state index in [9.17, 15) is 9.59 Å². The van der Waals surface area contributed by atoms with Crippen molar-refractivity contribution < 1.29 is 9.59 Å². The lowest BCUT2D eigenvalue weighted by Crippen LogP contribution is -2.42. The number of aromatic nitrogens is 3. The molecule has 3 N–H and O–H groups in total. The van der Waals surface area contributed by atoms with Crippen LogP contribution in [0.3, 0.4) is 0 Å². The second-order valence-corrected chi connectivity index (χ2v) is 6.51. The number of carbonyl (C=O) groups excluding carboxylic acids is 2. The Kier molecular flexibility index (Phi) is 5.38. The monoisotopic (exact) mass is 333 g/mol. The predicted octanol–water partition coefficient (Wildman–Crippen LogP) is 1.89. The van der Waals surface area contributed by atoms with Gasteiger partial charge in [-0.05, 0) is 24.5 Å². The summed E-state index contributed by atoms with van der Waals surface area (Å²) in [5.74, 6) is -0.446. The van der Waals surface area contributed by atoms with E-state index in [4.69, 9.17) is 5.73 Å². The lowest BCUT2D eigenvalue weighted by molar-refractivity contribution is -0.120. The smallest absolute Gasteiger partial charge is 0.318 e. The number of amides is 3. The maximum Gasteiger partial charge on any atom is 0.318 e. The number of nitrogens with two attached hydrogens (primary N) is 1. The van der Waals surface area contributed by atoms with Crippen LogP contribution in [0.5, 0.6) is 0 Å². The predicted molar refractivity (Wildman–Crippen MR) is 88.3 cm³/mol. The SMILES string of the molecule is Cc1ccccc1-n1cnnc1S[C@H](C(=O)NC(N)=O)C(C)C. The molecule has 0 fully saturated rings. The van der Waals surface area contributed by atoms with Gasteiger partial charge in [0.1, 0.15) is 6.33 Å². The van der Waals surface area contributed by atoms with Crippen molar-refractivity contribution in [3.05, 3.63) is 36.2 Å². The molecule has 8 heteroatoms. The average Bonchev–Trinajstić information content (AvgIpc) is 2.92. The van der Waals surface area contributed by atoms with E-state index in [0.717, 1.165) is 11.3 Å². The molecule has 1 aromatic carbocycles. The Morgan fingerprint density at radius 3 is 2.61 bits per heavy atom. The second kappa shape index (κ2) is 7.28. The maximum atomic E-state index is 12.1. The van der Waals surface area contributed by atoms with Crippen molar-refractivity contribution in [3.63, 3.8) is 0 Å². The summed E-state index contributed by atoms with van der Waals surface area (Å²) in [6, 6.07) is 6.96. The molecule has 2 aromatic rings. The Labute approximate surface area is 138 Å². The van der Waals surface area contributed by atoms with Gasteiger partial charge in [-0.1, -0.05) is 43.8 Å². The van der Waals surface area contributed by atoms with Gasteiger partial charge in [-0.2, -0.15) is 0 Å². The number of carbonyl (C=O) groups is 2. The zero-order valence-corrected chi connectivity index (χ0v) is 14.0. The van der Waals surface area contributed by atoms with E-state index in [1.807, 2.05) is 49.6 Å². The third-order valence-corrected chi connectivity index (χ3v) is 4.74. The highest BCUT2D eigenvalue weighted by Gasteiger charge is 2.27. The molecular weight excluding hydrogens is 314 g/mol. The first kappa shape index (κ1) is 17.0. The fourth-order valence-electron chi connectivity index (χ4n) is 2.10. The summed E-state index contributed by atoms with van der Waals surface area (Å²) in [5, 5.41) is 10.2. The van der Waals surface area contributed by atoms with Crippen LogP contribution in [0.2, 0.25) is 0 Å². The Morgan fingerprint density at radius 2 is 2.00 bits per heavy atom. The van der Waals surface area contributed by atoms with Crippen LogP contribution in [0, 0.1) is 12.8 Å². The molecule has 3 amide bonds. The summed E-state index contributed by atoms with van der Waals surface area (Å²) in [6.07, 6.45) is 1.61. The summed E-state index contributed by atoms with van der Waals surface area (Å²) in [5.41, 5.74) is 7.04. The van der Waals surface area contributed by atoms with E-state index >= 15 is 0 Å². The zero-order chi connectivity index (χ0) is 17.0. The van der Waals surface area contributed by atoms with Crippen molar-refractivity contribution in [2.75, 3.05) is 0 Å². The Morgan fingerprint density at radius 1 is 1.30 bits per heavy atom. The molecule has 0 aliphatic heterocycles. The zero-order valence-electron chi connectivity index (χ0n) is 13.2. The topological polar surface area (TPSA) is 103 Å². The molecule has 0 aliphatic rings. The third-order valence-electron chi connectivity index (χ3n) is 3.23. The molecule has 1 heterocycles. The number of rotatable bonds is 5. The maximum absolute atomic E-state index is 12.1. The van der Waals surface area contributed by atoms with Crippen LogP contribution < -0.4 is 11.1 Å². The summed E-state index contributed by atoms with van der Waals surface area (Å²) < 4.78 is 1.83. The molecule has 23 heavy (non-hydrogen) atoms. The first-order valence-electron chi connectivity index (χ1n) is 7.13. The molecule has 1 aromatic heterocycles. The number of aryl methyl sites for hydroxylation is 1. The summed E-state index contributed by atoms with van der Waals surface area (Å²) >= 11 is 1.25. The van der Waals surface area contributed by atoms with E-state index in [0.29, 0.717) is 5.16 Å². The molecule has 7 nitrogen and oxygen atoms in total. The first-order valence-corrected chi connectivity index (χ1v) is 8.01. The fourth-order valence-corrected chi connectivity index (χ4v) is 3.12. The lowest BCUT2D eigenvalue weighted by Gasteiger charge is -2.18. The van der Waals surface area contributed by atoms with Gasteiger partial charge >= 0.3 is 6.03 Å². The van der Waals surface area contributed by atoms with Crippen LogP contribution in [0.15, 0.2) is 35.7 Å². The molecule has 0 unspecified atom stereocenters. The largest absolute Gasteiger partial charge is 0.351 e. The van der Waals surface area contributed by atoms with Crippen LogP contribution in [0.4, 0.5) is 4.79 Å². The Balaban J connectivity index is 2.29. The number of urea groups is 1. The summed E-state index contributed by atoms with van der Waals surface area (Å²) in [7, 11) is 0. The molecule has 1 atom stereocenters. The number of hydrogen-bond donors (Lipinski definition) is 2. The number of imide groups is 1. The van der Waals surface area contributed by atoms with E-state index in [1.54, 1.807) is 6.33 Å². The van der Waals surface area contributed by atoms with Gasteiger partial charge in [0.15, 0.2) is 5.16 Å². The Bertz CT molecular complexity index is 713. The van der Waals surface area contributed by atoms with Crippen molar-refractivity contribution in [1.29, 1.82) is 0 Å². The van der Waals surface area contributed by atoms with Gasteiger partial charge in [0.05, 0.1) is 10.9 Å². The number of hydrogen-bond acceptors (Lipinski definition) is 5. The van der Waals surface area contributed by atoms with E-state index in [1.165, 1.54) is 11.8 Å². The van der Waals surface area contributed by atoms with Crippen LogP contribution in [0.25, 0.3) is 5.69 Å². The number of nitrogens with one attached hydrogen (secondary N) is 1. The van der Waals surface area contributed by atoms with Crippen LogP contribution in [-0.2, 0) is 4.79 Å². The van der Waals surface area contributed by atoms with Crippen LogP contribution >= 0.6 is 11.8 Å². The van der Waals surface area contributed by atoms with Gasteiger partial charge in [-0.25, -0.2) is 4.79 Å². The fraction of sp³-hybridized carbons (Fsp3) is 0.333. The van der Waals surface area contributed by atoms with Crippen molar-refractivity contribution in [3.8, 4) is 5.69 Å². The molecule has 0 saturated heterocycles. The first-order chi connectivity index (χ1) is 10.9. The van der Waals surface area contributed by atoms with Gasteiger partial charge in [-0.15, -0.1) is 10.2 Å². The summed E-state index contributed by atoms with van der Waals surface area (Å²) in [6.45, 7) is 5.78. The normalized spacial score (nSPS) is 12.2. The number of para-hydroxylation sites is 1. The van der Waals surface area contributed by atoms with Gasteiger partial charge < -0.3 is 5.73 Å². The second-order valence-electron chi connectivity index (χ2n) is 5.41. The van der Waals surface area contributed by atoms with Gasteiger partial charge in [-0.3, -0.25) is 14.7 Å². The highest BCUT2D eigenvalue weighted by Crippen LogP contribution is 2.29. The van der Waals surface area contributed by atoms with Crippen LogP contribution in [0.1, 0.15) is 19.4 Å². The van der Waals surface area contributed by atoms with Crippen LogP contribution in [-0.4, -0.2) is 32.0 Å².